The van der Waals surface area contributed by atoms with Gasteiger partial charge in [0.25, 0.3) is 0 Å². The van der Waals surface area contributed by atoms with Crippen molar-refractivity contribution in [3.8, 4) is 0 Å². The van der Waals surface area contributed by atoms with Crippen LogP contribution in [0.25, 0.3) is 0 Å². The zero-order valence-electron chi connectivity index (χ0n) is 11.3. The van der Waals surface area contributed by atoms with Crippen molar-refractivity contribution in [2.45, 2.75) is 38.6 Å². The number of alkyl halides is 3. The molecule has 0 aliphatic carbocycles. The van der Waals surface area contributed by atoms with Crippen LogP contribution in [0.1, 0.15) is 20.8 Å². The van der Waals surface area contributed by atoms with E-state index in [1.807, 2.05) is 0 Å². The lowest BCUT2D eigenvalue weighted by Crippen LogP contribution is -2.45. The van der Waals surface area contributed by atoms with Crippen LogP contribution in [0.2, 0.25) is 0 Å². The van der Waals surface area contributed by atoms with Crippen LogP contribution in [0.4, 0.5) is 18.0 Å². The molecular formula is C12H19F3N2O2. The monoisotopic (exact) mass is 280 g/mol. The Kier molecular flexibility index (Phi) is 3.45. The van der Waals surface area contributed by atoms with E-state index in [9.17, 15) is 18.0 Å². The Hall–Kier alpha value is -0.980. The van der Waals surface area contributed by atoms with E-state index < -0.39 is 29.8 Å². The largest absolute Gasteiger partial charge is 0.444 e. The van der Waals surface area contributed by atoms with Gasteiger partial charge in [0.05, 0.1) is 0 Å². The van der Waals surface area contributed by atoms with Crippen LogP contribution in [0, 0.1) is 11.8 Å². The number of amides is 1. The number of ether oxygens (including phenoxy) is 1. The van der Waals surface area contributed by atoms with Crippen LogP contribution in [0.15, 0.2) is 0 Å². The van der Waals surface area contributed by atoms with Crippen LogP contribution in [0.3, 0.4) is 0 Å². The lowest BCUT2D eigenvalue weighted by atomic mass is 9.94. The molecule has 0 spiro atoms. The van der Waals surface area contributed by atoms with Gasteiger partial charge in [-0.2, -0.15) is 13.2 Å². The minimum absolute atomic E-state index is 0.108. The second kappa shape index (κ2) is 4.54. The highest BCUT2D eigenvalue weighted by Gasteiger charge is 2.54. The molecule has 1 N–H and O–H groups in total. The number of fused-ring (bicyclic) bond motifs is 1. The number of rotatable bonds is 0. The highest BCUT2D eigenvalue weighted by Crippen LogP contribution is 2.38. The number of halogens is 3. The molecule has 2 rings (SSSR count). The van der Waals surface area contributed by atoms with Gasteiger partial charge in [0.15, 0.2) is 0 Å². The molecule has 2 heterocycles. The molecule has 19 heavy (non-hydrogen) atoms. The predicted octanol–water partition coefficient (Wildman–Crippen LogP) is 2.00. The van der Waals surface area contributed by atoms with Crippen molar-refractivity contribution in [3.63, 3.8) is 0 Å². The van der Waals surface area contributed by atoms with Gasteiger partial charge >= 0.3 is 12.3 Å². The van der Waals surface area contributed by atoms with E-state index in [2.05, 4.69) is 5.32 Å². The molecule has 1 amide bonds. The molecule has 7 heteroatoms. The van der Waals surface area contributed by atoms with Gasteiger partial charge in [-0.25, -0.2) is 4.79 Å². The molecule has 0 aromatic heterocycles. The molecule has 0 unspecified atom stereocenters. The summed E-state index contributed by atoms with van der Waals surface area (Å²) in [6.45, 7) is 5.95. The van der Waals surface area contributed by atoms with Gasteiger partial charge in [-0.05, 0) is 26.7 Å². The van der Waals surface area contributed by atoms with Crippen LogP contribution in [-0.2, 0) is 4.74 Å². The maximum atomic E-state index is 12.8. The third kappa shape index (κ3) is 3.13. The Labute approximate surface area is 110 Å². The van der Waals surface area contributed by atoms with E-state index >= 15 is 0 Å². The molecule has 0 saturated carbocycles. The van der Waals surface area contributed by atoms with Gasteiger partial charge in [0, 0.05) is 25.6 Å². The van der Waals surface area contributed by atoms with E-state index in [4.69, 9.17) is 4.74 Å². The molecule has 4 nitrogen and oxygen atoms in total. The lowest BCUT2D eigenvalue weighted by Gasteiger charge is -2.26. The number of hydrogen-bond acceptors (Lipinski definition) is 3. The van der Waals surface area contributed by atoms with E-state index in [0.29, 0.717) is 13.1 Å². The summed E-state index contributed by atoms with van der Waals surface area (Å²) >= 11 is 0. The first-order valence-corrected chi connectivity index (χ1v) is 6.36. The summed E-state index contributed by atoms with van der Waals surface area (Å²) in [5, 5.41) is 2.50. The smallest absolute Gasteiger partial charge is 0.410 e. The zero-order chi connectivity index (χ0) is 14.4. The predicted molar refractivity (Wildman–Crippen MR) is 62.6 cm³/mol. The highest BCUT2D eigenvalue weighted by molar-refractivity contribution is 5.68. The molecular weight excluding hydrogens is 261 g/mol. The maximum absolute atomic E-state index is 12.8. The maximum Gasteiger partial charge on any atom is 0.410 e. The molecule has 0 bridgehead atoms. The highest BCUT2D eigenvalue weighted by atomic mass is 19.4. The Bertz CT molecular complexity index is 365. The van der Waals surface area contributed by atoms with Crippen molar-refractivity contribution in [3.05, 3.63) is 0 Å². The molecule has 0 aromatic carbocycles. The Morgan fingerprint density at radius 1 is 1.26 bits per heavy atom. The van der Waals surface area contributed by atoms with Crippen molar-refractivity contribution in [2.24, 2.45) is 11.8 Å². The molecule has 2 aliphatic rings. The number of carbonyl (C=O) groups is 1. The average Bonchev–Trinajstić information content (AvgIpc) is 2.68. The number of hydrogen-bond donors (Lipinski definition) is 1. The third-order valence-electron chi connectivity index (χ3n) is 3.52. The van der Waals surface area contributed by atoms with Crippen molar-refractivity contribution in [1.82, 2.24) is 10.2 Å². The molecule has 2 fully saturated rings. The van der Waals surface area contributed by atoms with Gasteiger partial charge in [-0.1, -0.05) is 0 Å². The summed E-state index contributed by atoms with van der Waals surface area (Å²) in [6, 6.07) is -1.51. The third-order valence-corrected chi connectivity index (χ3v) is 3.52. The second-order valence-corrected chi connectivity index (χ2v) is 6.24. The topological polar surface area (TPSA) is 41.6 Å². The minimum atomic E-state index is -4.26. The summed E-state index contributed by atoms with van der Waals surface area (Å²) < 4.78 is 43.6. The Morgan fingerprint density at radius 2 is 1.89 bits per heavy atom. The number of nitrogens with zero attached hydrogens (tertiary/aromatic N) is 1. The Morgan fingerprint density at radius 3 is 2.42 bits per heavy atom. The summed E-state index contributed by atoms with van der Waals surface area (Å²) in [5.74, 6) is -0.702. The fourth-order valence-corrected chi connectivity index (χ4v) is 2.75. The summed E-state index contributed by atoms with van der Waals surface area (Å²) in [6.07, 6.45) is -4.79. The van der Waals surface area contributed by atoms with Crippen LogP contribution in [0.5, 0.6) is 0 Å². The number of carbonyl (C=O) groups excluding carboxylic acids is 1. The standard InChI is InChI=1S/C12H19F3N2O2/c1-11(2,3)19-10(18)17-5-7-4-16-9(8(7)6-17)12(13,14)15/h7-9,16H,4-6H2,1-3H3/t7-,8+,9+/m0/s1. The molecule has 0 radical (unpaired) electrons. The SMILES string of the molecule is CC(C)(C)OC(=O)N1C[C@@H]2CN[C@@H](C(F)(F)F)[C@@H]2C1. The van der Waals surface area contributed by atoms with Crippen molar-refractivity contribution in [2.75, 3.05) is 19.6 Å². The number of likely N-dealkylation sites (tertiary alicyclic amines) is 1. The quantitative estimate of drug-likeness (QED) is 0.738. The molecule has 110 valence electrons. The van der Waals surface area contributed by atoms with Gasteiger partial charge in [-0.3, -0.25) is 0 Å². The van der Waals surface area contributed by atoms with Crippen molar-refractivity contribution >= 4 is 6.09 Å². The first-order valence-electron chi connectivity index (χ1n) is 6.36. The second-order valence-electron chi connectivity index (χ2n) is 6.24. The van der Waals surface area contributed by atoms with Gasteiger partial charge < -0.3 is 15.0 Å². The fraction of sp³-hybridized carbons (Fsp3) is 0.917. The van der Waals surface area contributed by atoms with Crippen LogP contribution >= 0.6 is 0 Å². The summed E-state index contributed by atoms with van der Waals surface area (Å²) in [7, 11) is 0. The average molecular weight is 280 g/mol. The molecule has 2 saturated heterocycles. The van der Waals surface area contributed by atoms with Crippen LogP contribution in [-0.4, -0.2) is 48.4 Å². The Balaban J connectivity index is 1.99. The van der Waals surface area contributed by atoms with E-state index in [1.54, 1.807) is 20.8 Å². The van der Waals surface area contributed by atoms with Gasteiger partial charge in [-0.15, -0.1) is 0 Å². The fourth-order valence-electron chi connectivity index (χ4n) is 2.75. The first kappa shape index (κ1) is 14.4. The first-order chi connectivity index (χ1) is 8.58. The normalized spacial score (nSPS) is 31.5. The molecule has 3 atom stereocenters. The molecule has 0 aromatic rings. The van der Waals surface area contributed by atoms with Crippen molar-refractivity contribution < 1.29 is 22.7 Å². The van der Waals surface area contributed by atoms with Crippen molar-refractivity contribution in [1.29, 1.82) is 0 Å². The van der Waals surface area contributed by atoms with Crippen LogP contribution < -0.4 is 5.32 Å². The van der Waals surface area contributed by atoms with E-state index in [1.165, 1.54) is 4.90 Å². The number of nitrogens with one attached hydrogen (secondary N) is 1. The van der Waals surface area contributed by atoms with E-state index in [0.717, 1.165) is 0 Å². The summed E-state index contributed by atoms with van der Waals surface area (Å²) in [5.41, 5.74) is -0.629. The van der Waals surface area contributed by atoms with Gasteiger partial charge in [0.1, 0.15) is 11.6 Å². The molecule has 2 aliphatic heterocycles. The lowest BCUT2D eigenvalue weighted by molar-refractivity contribution is -0.161. The zero-order valence-corrected chi connectivity index (χ0v) is 11.3. The van der Waals surface area contributed by atoms with E-state index in [-0.39, 0.29) is 12.5 Å². The van der Waals surface area contributed by atoms with Gasteiger partial charge in [0.2, 0.25) is 0 Å². The minimum Gasteiger partial charge on any atom is -0.444 e. The summed E-state index contributed by atoms with van der Waals surface area (Å²) in [4.78, 5) is 13.2.